The summed E-state index contributed by atoms with van der Waals surface area (Å²) in [6.45, 7) is 8.10. The Hall–Kier alpha value is -3.08. The zero-order chi connectivity index (χ0) is 23.8. The van der Waals surface area contributed by atoms with E-state index in [2.05, 4.69) is 31.3 Å². The highest BCUT2D eigenvalue weighted by atomic mass is 16.5. The van der Waals surface area contributed by atoms with E-state index in [1.807, 2.05) is 36.4 Å². The number of unbranched alkanes of at least 4 members (excludes halogenated alkanes) is 2. The molecule has 0 bridgehead atoms. The monoisotopic (exact) mass is 448 g/mol. The van der Waals surface area contributed by atoms with Gasteiger partial charge in [0.05, 0.1) is 6.61 Å². The normalized spacial score (nSPS) is 17.8. The number of carbonyl (C=O) groups excluding carboxylic acids is 2. The van der Waals surface area contributed by atoms with Crippen LogP contribution < -0.4 is 10.2 Å². The lowest BCUT2D eigenvalue weighted by atomic mass is 10.0. The molecule has 1 aliphatic heterocycles. The Morgan fingerprint density at radius 2 is 1.45 bits per heavy atom. The van der Waals surface area contributed by atoms with Crippen molar-refractivity contribution in [2.75, 3.05) is 16.8 Å². The average molecular weight is 449 g/mol. The Morgan fingerprint density at radius 1 is 0.909 bits per heavy atom. The highest BCUT2D eigenvalue weighted by Crippen LogP contribution is 2.35. The van der Waals surface area contributed by atoms with Crippen LogP contribution in [0.1, 0.15) is 64.5 Å². The minimum Gasteiger partial charge on any atom is -0.464 e. The second-order valence-corrected chi connectivity index (χ2v) is 8.76. The van der Waals surface area contributed by atoms with Crippen LogP contribution in [0.25, 0.3) is 0 Å². The number of amides is 1. The predicted molar refractivity (Wildman–Crippen MR) is 134 cm³/mol. The fourth-order valence-electron chi connectivity index (χ4n) is 4.12. The molecule has 0 aromatic heterocycles. The molecule has 0 saturated heterocycles. The predicted octanol–water partition coefficient (Wildman–Crippen LogP) is 6.04. The van der Waals surface area contributed by atoms with E-state index in [1.165, 1.54) is 16.0 Å². The summed E-state index contributed by atoms with van der Waals surface area (Å²) < 4.78 is 5.35. The molecule has 1 amide bonds. The summed E-state index contributed by atoms with van der Waals surface area (Å²) in [5.41, 5.74) is 3.15. The molecule has 33 heavy (non-hydrogen) atoms. The van der Waals surface area contributed by atoms with Crippen LogP contribution in [0.15, 0.2) is 60.3 Å². The van der Waals surface area contributed by atoms with Gasteiger partial charge in [0.1, 0.15) is 5.70 Å². The SMILES string of the molecule is CCCCc1ccc(NC2=CC(C)(C(=O)OCC)N(c3ccc(CCCC)cc3)C2=O)cc1. The second-order valence-electron chi connectivity index (χ2n) is 8.76. The van der Waals surface area contributed by atoms with E-state index in [9.17, 15) is 9.59 Å². The smallest absolute Gasteiger partial charge is 0.336 e. The van der Waals surface area contributed by atoms with Crippen molar-refractivity contribution in [2.45, 2.75) is 71.8 Å². The summed E-state index contributed by atoms with van der Waals surface area (Å²) in [4.78, 5) is 28.0. The minimum absolute atomic E-state index is 0.248. The van der Waals surface area contributed by atoms with Gasteiger partial charge < -0.3 is 10.1 Å². The maximum atomic E-state index is 13.5. The molecule has 0 aliphatic carbocycles. The summed E-state index contributed by atoms with van der Waals surface area (Å²) >= 11 is 0. The van der Waals surface area contributed by atoms with E-state index in [4.69, 9.17) is 4.74 Å². The van der Waals surface area contributed by atoms with Crippen LogP contribution in [-0.4, -0.2) is 24.0 Å². The first-order valence-corrected chi connectivity index (χ1v) is 12.1. The molecule has 2 aromatic carbocycles. The van der Waals surface area contributed by atoms with Crippen molar-refractivity contribution < 1.29 is 14.3 Å². The summed E-state index contributed by atoms with van der Waals surface area (Å²) in [5, 5.41) is 3.23. The van der Waals surface area contributed by atoms with E-state index in [0.29, 0.717) is 11.4 Å². The number of ether oxygens (including phenoxy) is 1. The zero-order valence-corrected chi connectivity index (χ0v) is 20.3. The standard InChI is InChI=1S/C28H36N2O3/c1-5-8-10-21-12-16-23(17-13-21)29-25-20-28(4,27(32)33-7-3)30(26(25)31)24-18-14-22(15-19-24)11-9-6-2/h12-20,29H,5-11H2,1-4H3. The molecular weight excluding hydrogens is 412 g/mol. The van der Waals surface area contributed by atoms with Gasteiger partial charge in [-0.05, 0) is 81.0 Å². The number of rotatable bonds is 11. The molecular formula is C28H36N2O3. The Bertz CT molecular complexity index is 979. The van der Waals surface area contributed by atoms with Crippen molar-refractivity contribution >= 4 is 23.3 Å². The first-order valence-electron chi connectivity index (χ1n) is 12.1. The van der Waals surface area contributed by atoms with Crippen molar-refractivity contribution in [2.24, 2.45) is 0 Å². The highest BCUT2D eigenvalue weighted by molar-refractivity contribution is 6.16. The van der Waals surface area contributed by atoms with E-state index in [-0.39, 0.29) is 12.5 Å². The van der Waals surface area contributed by atoms with Crippen LogP contribution in [0.2, 0.25) is 0 Å². The number of hydrogen-bond acceptors (Lipinski definition) is 4. The van der Waals surface area contributed by atoms with Crippen LogP contribution >= 0.6 is 0 Å². The molecule has 5 nitrogen and oxygen atoms in total. The zero-order valence-electron chi connectivity index (χ0n) is 20.3. The molecule has 0 spiro atoms. The van der Waals surface area contributed by atoms with Gasteiger partial charge in [-0.25, -0.2) is 4.79 Å². The fourth-order valence-corrected chi connectivity index (χ4v) is 4.12. The number of anilines is 2. The molecule has 1 aliphatic rings. The number of nitrogens with one attached hydrogen (secondary N) is 1. The molecule has 176 valence electrons. The molecule has 1 atom stereocenters. The number of carbonyl (C=O) groups is 2. The van der Waals surface area contributed by atoms with Gasteiger partial charge in [-0.1, -0.05) is 51.0 Å². The van der Waals surface area contributed by atoms with Crippen LogP contribution in [0.5, 0.6) is 0 Å². The third-order valence-electron chi connectivity index (χ3n) is 6.08. The molecule has 2 aromatic rings. The van der Waals surface area contributed by atoms with Gasteiger partial charge >= 0.3 is 5.97 Å². The topological polar surface area (TPSA) is 58.6 Å². The van der Waals surface area contributed by atoms with Gasteiger partial charge in [0, 0.05) is 11.4 Å². The van der Waals surface area contributed by atoms with Gasteiger partial charge in [0.25, 0.3) is 5.91 Å². The maximum absolute atomic E-state index is 13.5. The van der Waals surface area contributed by atoms with E-state index in [0.717, 1.165) is 44.2 Å². The molecule has 3 rings (SSSR count). The number of nitrogens with zero attached hydrogens (tertiary/aromatic N) is 1. The van der Waals surface area contributed by atoms with Crippen molar-refractivity contribution in [1.29, 1.82) is 0 Å². The molecule has 1 N–H and O–H groups in total. The molecule has 0 radical (unpaired) electrons. The summed E-state index contributed by atoms with van der Waals surface area (Å²) in [5.74, 6) is -0.693. The third-order valence-corrected chi connectivity index (χ3v) is 6.08. The van der Waals surface area contributed by atoms with Crippen LogP contribution in [0, 0.1) is 0 Å². The quantitative estimate of drug-likeness (QED) is 0.426. The number of aryl methyl sites for hydroxylation is 2. The highest BCUT2D eigenvalue weighted by Gasteiger charge is 2.49. The first-order chi connectivity index (χ1) is 15.9. The van der Waals surface area contributed by atoms with Crippen molar-refractivity contribution in [3.05, 3.63) is 71.4 Å². The molecule has 0 saturated carbocycles. The Kier molecular flexibility index (Phi) is 8.32. The molecule has 1 unspecified atom stereocenters. The van der Waals surface area contributed by atoms with Gasteiger partial charge in [-0.15, -0.1) is 0 Å². The lowest BCUT2D eigenvalue weighted by Gasteiger charge is -2.32. The maximum Gasteiger partial charge on any atom is 0.336 e. The van der Waals surface area contributed by atoms with Crippen LogP contribution in [0.4, 0.5) is 11.4 Å². The number of benzene rings is 2. The van der Waals surface area contributed by atoms with Crippen molar-refractivity contribution in [3.8, 4) is 0 Å². The van der Waals surface area contributed by atoms with Gasteiger partial charge in [-0.3, -0.25) is 9.69 Å². The van der Waals surface area contributed by atoms with Crippen molar-refractivity contribution in [1.82, 2.24) is 0 Å². The summed E-state index contributed by atoms with van der Waals surface area (Å²) in [6.07, 6.45) is 8.29. The Morgan fingerprint density at radius 3 is 1.97 bits per heavy atom. The lowest BCUT2D eigenvalue weighted by molar-refractivity contribution is -0.147. The molecule has 0 fully saturated rings. The average Bonchev–Trinajstić information content (AvgIpc) is 3.08. The van der Waals surface area contributed by atoms with Crippen LogP contribution in [0.3, 0.4) is 0 Å². The number of esters is 1. The largest absolute Gasteiger partial charge is 0.464 e. The molecule has 5 heteroatoms. The summed E-state index contributed by atoms with van der Waals surface area (Å²) in [7, 11) is 0. The third kappa shape index (κ3) is 5.65. The van der Waals surface area contributed by atoms with E-state index >= 15 is 0 Å². The van der Waals surface area contributed by atoms with E-state index < -0.39 is 11.5 Å². The van der Waals surface area contributed by atoms with Crippen LogP contribution in [-0.2, 0) is 27.2 Å². The minimum atomic E-state index is -1.22. The fraction of sp³-hybridized carbons (Fsp3) is 0.429. The molecule has 1 heterocycles. The van der Waals surface area contributed by atoms with Gasteiger partial charge in [-0.2, -0.15) is 0 Å². The van der Waals surface area contributed by atoms with Gasteiger partial charge in [0.2, 0.25) is 0 Å². The van der Waals surface area contributed by atoms with Gasteiger partial charge in [0.15, 0.2) is 5.54 Å². The number of hydrogen-bond donors (Lipinski definition) is 1. The first kappa shape index (κ1) is 24.6. The Balaban J connectivity index is 1.86. The lowest BCUT2D eigenvalue weighted by Crippen LogP contribution is -2.51. The van der Waals surface area contributed by atoms with E-state index in [1.54, 1.807) is 19.9 Å². The summed E-state index contributed by atoms with van der Waals surface area (Å²) in [6, 6.07) is 16.0. The second kappa shape index (κ2) is 11.2. The Labute approximate surface area is 197 Å². The van der Waals surface area contributed by atoms with Crippen molar-refractivity contribution in [3.63, 3.8) is 0 Å².